The molecule has 7 heteroatoms. The molecule has 0 radical (unpaired) electrons. The number of hydrogen-bond donors (Lipinski definition) is 1. The van der Waals surface area contributed by atoms with Crippen molar-refractivity contribution in [1.82, 2.24) is 0 Å². The van der Waals surface area contributed by atoms with Crippen molar-refractivity contribution in [3.05, 3.63) is 99.8 Å². The van der Waals surface area contributed by atoms with Gasteiger partial charge in [0.05, 0.1) is 12.6 Å². The van der Waals surface area contributed by atoms with Gasteiger partial charge in [0.15, 0.2) is 11.4 Å². The van der Waals surface area contributed by atoms with Crippen LogP contribution in [0.4, 0.5) is 21.9 Å². The molecule has 1 unspecified atom stereocenters. The first-order chi connectivity index (χ1) is 15.4. The topological polar surface area (TPSA) is 48.1 Å². The van der Waals surface area contributed by atoms with Crippen molar-refractivity contribution >= 4 is 46.3 Å². The van der Waals surface area contributed by atoms with E-state index < -0.39 is 11.8 Å². The molecule has 3 aromatic rings. The Hall–Kier alpha value is -3.04. The van der Waals surface area contributed by atoms with Crippen LogP contribution in [-0.2, 0) is 5.72 Å². The zero-order chi connectivity index (χ0) is 22.5. The third-order valence-electron chi connectivity index (χ3n) is 6.09. The molecule has 1 heterocycles. The number of aliphatic hydroxyl groups is 1. The normalized spacial score (nSPS) is 22.8. The highest BCUT2D eigenvalue weighted by Gasteiger charge is 2.62. The zero-order valence-corrected chi connectivity index (χ0v) is 18.5. The fourth-order valence-electron chi connectivity index (χ4n) is 4.51. The van der Waals surface area contributed by atoms with Crippen LogP contribution in [0.3, 0.4) is 0 Å². The molecule has 5 nitrogen and oxygen atoms in total. The summed E-state index contributed by atoms with van der Waals surface area (Å²) in [5, 5.41) is 13.5. The number of benzene rings is 3. The van der Waals surface area contributed by atoms with Crippen molar-refractivity contribution in [1.29, 1.82) is 0 Å². The Kier molecular flexibility index (Phi) is 5.10. The van der Waals surface area contributed by atoms with Gasteiger partial charge in [0.2, 0.25) is 0 Å². The van der Waals surface area contributed by atoms with Crippen molar-refractivity contribution in [2.75, 3.05) is 9.80 Å². The van der Waals surface area contributed by atoms with Crippen LogP contribution in [0, 0.1) is 12.5 Å². The number of carbonyl (C=O) groups excluding carboxylic acids is 1. The van der Waals surface area contributed by atoms with Gasteiger partial charge in [0.1, 0.15) is 0 Å². The van der Waals surface area contributed by atoms with Crippen LogP contribution >= 0.6 is 23.2 Å². The smallest absolute Gasteiger partial charge is 0.332 e. The highest BCUT2D eigenvalue weighted by molar-refractivity contribution is 6.31. The Bertz CT molecular complexity index is 1220. The lowest BCUT2D eigenvalue weighted by molar-refractivity contribution is 0.0251. The molecule has 0 spiro atoms. The van der Waals surface area contributed by atoms with Gasteiger partial charge in [-0.3, -0.25) is 9.80 Å². The quantitative estimate of drug-likeness (QED) is 0.442. The van der Waals surface area contributed by atoms with Crippen molar-refractivity contribution in [3.8, 4) is 0 Å². The van der Waals surface area contributed by atoms with E-state index in [9.17, 15) is 9.90 Å². The molecule has 2 amide bonds. The summed E-state index contributed by atoms with van der Waals surface area (Å²) in [6.45, 7) is 7.42. The average Bonchev–Trinajstić information content (AvgIpc) is 3.61. The number of carbonyl (C=O) groups is 1. The van der Waals surface area contributed by atoms with Gasteiger partial charge in [-0.15, -0.1) is 0 Å². The molecule has 32 heavy (non-hydrogen) atoms. The van der Waals surface area contributed by atoms with Crippen LogP contribution < -0.4 is 9.80 Å². The second-order valence-electron chi connectivity index (χ2n) is 8.11. The van der Waals surface area contributed by atoms with Crippen molar-refractivity contribution in [3.63, 3.8) is 0 Å². The molecule has 2 fully saturated rings. The SMILES string of the molecule is [C-]#[N+]c1cccc(C2(O)[C@@H](C3CC3)N(c3ccc(Cl)cc3)C(=O)N2c2ccc(Cl)cc2)c1. The first-order valence-corrected chi connectivity index (χ1v) is 11.0. The lowest BCUT2D eigenvalue weighted by atomic mass is 9.90. The molecule has 1 aliphatic heterocycles. The van der Waals surface area contributed by atoms with E-state index in [-0.39, 0.29) is 11.9 Å². The Labute approximate surface area is 196 Å². The summed E-state index contributed by atoms with van der Waals surface area (Å²) in [4.78, 5) is 20.5. The van der Waals surface area contributed by atoms with E-state index in [1.165, 1.54) is 4.90 Å². The van der Waals surface area contributed by atoms with Crippen LogP contribution in [0.1, 0.15) is 18.4 Å². The number of urea groups is 1. The molecular formula is C25H19Cl2N3O2. The van der Waals surface area contributed by atoms with E-state index in [1.54, 1.807) is 77.7 Å². The van der Waals surface area contributed by atoms with Gasteiger partial charge in [-0.25, -0.2) is 9.64 Å². The van der Waals surface area contributed by atoms with Crippen LogP contribution in [-0.4, -0.2) is 17.2 Å². The molecule has 5 rings (SSSR count). The molecule has 0 aromatic heterocycles. The summed E-state index contributed by atoms with van der Waals surface area (Å²) in [5.74, 6) is 0.119. The number of anilines is 2. The Morgan fingerprint density at radius 3 is 2.09 bits per heavy atom. The molecule has 1 aliphatic carbocycles. The van der Waals surface area contributed by atoms with Gasteiger partial charge in [-0.1, -0.05) is 41.4 Å². The third-order valence-corrected chi connectivity index (χ3v) is 6.59. The second kappa shape index (κ2) is 7.83. The summed E-state index contributed by atoms with van der Waals surface area (Å²) in [6.07, 6.45) is 1.81. The molecule has 3 aromatic carbocycles. The largest absolute Gasteiger partial charge is 0.365 e. The van der Waals surface area contributed by atoms with E-state index in [4.69, 9.17) is 29.8 Å². The van der Waals surface area contributed by atoms with Crippen LogP contribution in [0.25, 0.3) is 4.85 Å². The Morgan fingerprint density at radius 1 is 0.938 bits per heavy atom. The summed E-state index contributed by atoms with van der Waals surface area (Å²) in [6, 6.07) is 19.8. The minimum Gasteiger partial charge on any atom is -0.365 e. The van der Waals surface area contributed by atoms with Crippen LogP contribution in [0.15, 0.2) is 72.8 Å². The molecule has 2 aliphatic rings. The lowest BCUT2D eigenvalue weighted by Gasteiger charge is -2.37. The average molecular weight is 464 g/mol. The van der Waals surface area contributed by atoms with Crippen molar-refractivity contribution < 1.29 is 9.90 Å². The molecule has 0 bridgehead atoms. The molecule has 2 atom stereocenters. The number of rotatable bonds is 4. The first-order valence-electron chi connectivity index (χ1n) is 10.3. The fourth-order valence-corrected chi connectivity index (χ4v) is 4.76. The predicted molar refractivity (Wildman–Crippen MR) is 126 cm³/mol. The van der Waals surface area contributed by atoms with E-state index >= 15 is 0 Å². The molecule has 160 valence electrons. The monoisotopic (exact) mass is 463 g/mol. The van der Waals surface area contributed by atoms with E-state index in [1.807, 2.05) is 0 Å². The van der Waals surface area contributed by atoms with Gasteiger partial charge in [-0.2, -0.15) is 0 Å². The minimum atomic E-state index is -1.67. The summed E-state index contributed by atoms with van der Waals surface area (Å²) in [7, 11) is 0. The number of halogens is 2. The summed E-state index contributed by atoms with van der Waals surface area (Å²) in [5.41, 5.74) is 0.415. The third kappa shape index (κ3) is 3.32. The minimum absolute atomic E-state index is 0.119. The van der Waals surface area contributed by atoms with Crippen molar-refractivity contribution in [2.24, 2.45) is 5.92 Å². The molecule has 1 N–H and O–H groups in total. The van der Waals surface area contributed by atoms with Gasteiger partial charge in [0.25, 0.3) is 0 Å². The number of nitrogens with zero attached hydrogens (tertiary/aromatic N) is 3. The maximum Gasteiger partial charge on any atom is 0.332 e. The lowest BCUT2D eigenvalue weighted by Crippen LogP contribution is -2.50. The fraction of sp³-hybridized carbons (Fsp3) is 0.200. The van der Waals surface area contributed by atoms with E-state index in [0.717, 1.165) is 12.8 Å². The molecule has 1 saturated carbocycles. The van der Waals surface area contributed by atoms with E-state index in [0.29, 0.717) is 32.7 Å². The Balaban J connectivity index is 1.74. The van der Waals surface area contributed by atoms with E-state index in [2.05, 4.69) is 4.85 Å². The highest BCUT2D eigenvalue weighted by Crippen LogP contribution is 2.53. The Morgan fingerprint density at radius 2 is 1.53 bits per heavy atom. The maximum atomic E-state index is 13.9. The summed E-state index contributed by atoms with van der Waals surface area (Å²) >= 11 is 12.2. The molecule has 1 saturated heterocycles. The van der Waals surface area contributed by atoms with Gasteiger partial charge >= 0.3 is 6.03 Å². The first kappa shape index (κ1) is 20.8. The zero-order valence-electron chi connectivity index (χ0n) is 17.0. The maximum absolute atomic E-state index is 13.9. The van der Waals surface area contributed by atoms with Gasteiger partial charge < -0.3 is 5.11 Å². The highest BCUT2D eigenvalue weighted by atomic mass is 35.5. The van der Waals surface area contributed by atoms with Crippen LogP contribution in [0.5, 0.6) is 0 Å². The van der Waals surface area contributed by atoms with Crippen molar-refractivity contribution in [2.45, 2.75) is 24.6 Å². The predicted octanol–water partition coefficient (Wildman–Crippen LogP) is 6.61. The van der Waals surface area contributed by atoms with Gasteiger partial charge in [0, 0.05) is 21.4 Å². The summed E-state index contributed by atoms with van der Waals surface area (Å²) < 4.78 is 0. The standard InChI is InChI=1S/C25H19Cl2N3O2/c1-28-20-4-2-3-17(15-20)25(32)23(16-5-6-16)29(21-11-7-18(26)8-12-21)24(31)30(25)22-13-9-19(27)10-14-22/h2-4,7-16,23,32H,5-6H2/t23-,25?/m1/s1. The number of amides is 2. The van der Waals surface area contributed by atoms with Gasteiger partial charge in [-0.05, 0) is 78.9 Å². The number of hydrogen-bond acceptors (Lipinski definition) is 2. The molecular weight excluding hydrogens is 445 g/mol. The second-order valence-corrected chi connectivity index (χ2v) is 8.98. The van der Waals surface area contributed by atoms with Crippen LogP contribution in [0.2, 0.25) is 10.0 Å².